The summed E-state index contributed by atoms with van der Waals surface area (Å²) in [7, 11) is -3.64. The molecule has 0 aliphatic rings. The molecular weight excluding hydrogens is 249 g/mol. The number of nitrogens with zero attached hydrogens (tertiary/aromatic N) is 1. The van der Waals surface area contributed by atoms with Crippen molar-refractivity contribution in [2.24, 2.45) is 0 Å². The standard InChI is InChI=1S/C10H8FNO2S2/c11-8-3-1-2-4-9(8)16(13,14)7-10-12-5-6-15-10/h1-6H,7H2. The molecule has 0 saturated carbocycles. The van der Waals surface area contributed by atoms with Crippen LogP contribution in [0.15, 0.2) is 40.7 Å². The van der Waals surface area contributed by atoms with Crippen molar-refractivity contribution in [2.45, 2.75) is 10.6 Å². The Bertz CT molecular complexity index is 579. The van der Waals surface area contributed by atoms with Crippen LogP contribution in [-0.4, -0.2) is 13.4 Å². The smallest absolute Gasteiger partial charge is 0.187 e. The van der Waals surface area contributed by atoms with Crippen LogP contribution in [0.25, 0.3) is 0 Å². The predicted molar refractivity (Wildman–Crippen MR) is 59.4 cm³/mol. The molecule has 0 unspecified atom stereocenters. The predicted octanol–water partition coefficient (Wildman–Crippen LogP) is 2.26. The zero-order valence-electron chi connectivity index (χ0n) is 8.13. The minimum Gasteiger partial charge on any atom is -0.249 e. The molecule has 2 rings (SSSR count). The fourth-order valence-electron chi connectivity index (χ4n) is 1.26. The SMILES string of the molecule is O=S(=O)(Cc1nccs1)c1ccccc1F. The number of halogens is 1. The number of aromatic nitrogens is 1. The Morgan fingerprint density at radius 1 is 1.31 bits per heavy atom. The van der Waals surface area contributed by atoms with E-state index < -0.39 is 15.7 Å². The average Bonchev–Trinajstić information content (AvgIpc) is 2.70. The van der Waals surface area contributed by atoms with Crippen molar-refractivity contribution in [2.75, 3.05) is 0 Å². The summed E-state index contributed by atoms with van der Waals surface area (Å²) in [6, 6.07) is 5.35. The highest BCUT2D eigenvalue weighted by molar-refractivity contribution is 7.90. The maximum absolute atomic E-state index is 13.3. The molecule has 0 fully saturated rings. The topological polar surface area (TPSA) is 47.0 Å². The van der Waals surface area contributed by atoms with Gasteiger partial charge in [-0.15, -0.1) is 11.3 Å². The van der Waals surface area contributed by atoms with E-state index in [1.807, 2.05) is 0 Å². The van der Waals surface area contributed by atoms with Gasteiger partial charge in [0.1, 0.15) is 21.5 Å². The van der Waals surface area contributed by atoms with E-state index in [1.165, 1.54) is 35.7 Å². The lowest BCUT2D eigenvalue weighted by atomic mass is 10.3. The Morgan fingerprint density at radius 3 is 2.69 bits per heavy atom. The number of hydrogen-bond acceptors (Lipinski definition) is 4. The van der Waals surface area contributed by atoms with E-state index in [2.05, 4.69) is 4.98 Å². The van der Waals surface area contributed by atoms with Gasteiger partial charge in [-0.2, -0.15) is 0 Å². The summed E-state index contributed by atoms with van der Waals surface area (Å²) < 4.78 is 37.0. The maximum atomic E-state index is 13.3. The van der Waals surface area contributed by atoms with E-state index in [0.717, 1.165) is 6.07 Å². The first-order valence-electron chi connectivity index (χ1n) is 4.45. The summed E-state index contributed by atoms with van der Waals surface area (Å²) in [5.41, 5.74) is 0. The molecule has 1 aromatic heterocycles. The Labute approximate surface area is 96.5 Å². The molecule has 0 bridgehead atoms. The van der Waals surface area contributed by atoms with Gasteiger partial charge in [0.25, 0.3) is 0 Å². The van der Waals surface area contributed by atoms with Crippen molar-refractivity contribution in [3.8, 4) is 0 Å². The van der Waals surface area contributed by atoms with Crippen LogP contribution in [0, 0.1) is 5.82 Å². The molecule has 1 aromatic carbocycles. The number of sulfone groups is 1. The van der Waals surface area contributed by atoms with Crippen molar-refractivity contribution in [3.05, 3.63) is 46.7 Å². The molecule has 0 atom stereocenters. The van der Waals surface area contributed by atoms with E-state index in [9.17, 15) is 12.8 Å². The molecule has 0 aliphatic carbocycles. The van der Waals surface area contributed by atoms with E-state index in [0.29, 0.717) is 5.01 Å². The van der Waals surface area contributed by atoms with Crippen LogP contribution in [0.2, 0.25) is 0 Å². The molecule has 0 saturated heterocycles. The van der Waals surface area contributed by atoms with Gasteiger partial charge in [0.05, 0.1) is 0 Å². The molecule has 0 N–H and O–H groups in total. The lowest BCUT2D eigenvalue weighted by molar-refractivity contribution is 0.566. The summed E-state index contributed by atoms with van der Waals surface area (Å²) in [6.45, 7) is 0. The van der Waals surface area contributed by atoms with E-state index >= 15 is 0 Å². The number of rotatable bonds is 3. The van der Waals surface area contributed by atoms with Gasteiger partial charge in [0.2, 0.25) is 0 Å². The summed E-state index contributed by atoms with van der Waals surface area (Å²) >= 11 is 1.24. The van der Waals surface area contributed by atoms with Gasteiger partial charge in [-0.1, -0.05) is 12.1 Å². The van der Waals surface area contributed by atoms with Crippen molar-refractivity contribution in [1.82, 2.24) is 4.98 Å². The quantitative estimate of drug-likeness (QED) is 0.847. The highest BCUT2D eigenvalue weighted by atomic mass is 32.2. The van der Waals surface area contributed by atoms with Crippen LogP contribution in [0.4, 0.5) is 4.39 Å². The molecule has 1 heterocycles. The van der Waals surface area contributed by atoms with Crippen molar-refractivity contribution >= 4 is 21.2 Å². The fourth-order valence-corrected chi connectivity index (χ4v) is 3.61. The van der Waals surface area contributed by atoms with Crippen LogP contribution < -0.4 is 0 Å². The molecule has 3 nitrogen and oxygen atoms in total. The maximum Gasteiger partial charge on any atom is 0.187 e. The number of benzene rings is 1. The van der Waals surface area contributed by atoms with Gasteiger partial charge in [0.15, 0.2) is 9.84 Å². The molecule has 0 radical (unpaired) electrons. The van der Waals surface area contributed by atoms with Crippen molar-refractivity contribution in [3.63, 3.8) is 0 Å². The van der Waals surface area contributed by atoms with E-state index in [-0.39, 0.29) is 10.6 Å². The van der Waals surface area contributed by atoms with Crippen LogP contribution in [0.3, 0.4) is 0 Å². The minimum atomic E-state index is -3.64. The van der Waals surface area contributed by atoms with Gasteiger partial charge >= 0.3 is 0 Å². The van der Waals surface area contributed by atoms with Gasteiger partial charge in [-0.05, 0) is 12.1 Å². The Morgan fingerprint density at radius 2 is 2.06 bits per heavy atom. The molecule has 0 spiro atoms. The summed E-state index contributed by atoms with van der Waals surface area (Å²) in [4.78, 5) is 3.60. The third-order valence-corrected chi connectivity index (χ3v) is 4.59. The first-order valence-corrected chi connectivity index (χ1v) is 6.98. The van der Waals surface area contributed by atoms with Gasteiger partial charge in [-0.25, -0.2) is 17.8 Å². The lowest BCUT2D eigenvalue weighted by Crippen LogP contribution is -2.06. The van der Waals surface area contributed by atoms with Crippen molar-refractivity contribution < 1.29 is 12.8 Å². The second-order valence-electron chi connectivity index (χ2n) is 3.12. The zero-order chi connectivity index (χ0) is 11.6. The molecule has 0 amide bonds. The first-order chi connectivity index (χ1) is 7.59. The molecule has 84 valence electrons. The lowest BCUT2D eigenvalue weighted by Gasteiger charge is -2.02. The summed E-state index contributed by atoms with van der Waals surface area (Å²) in [5, 5.41) is 2.15. The summed E-state index contributed by atoms with van der Waals surface area (Å²) in [6.07, 6.45) is 1.52. The Kier molecular flexibility index (Phi) is 3.02. The summed E-state index contributed by atoms with van der Waals surface area (Å²) in [5.74, 6) is -0.981. The molecule has 0 aliphatic heterocycles. The highest BCUT2D eigenvalue weighted by Gasteiger charge is 2.20. The van der Waals surface area contributed by atoms with Gasteiger partial charge < -0.3 is 0 Å². The van der Waals surface area contributed by atoms with Crippen LogP contribution >= 0.6 is 11.3 Å². The largest absolute Gasteiger partial charge is 0.249 e. The molecule has 16 heavy (non-hydrogen) atoms. The minimum absolute atomic E-state index is 0.258. The third-order valence-electron chi connectivity index (χ3n) is 1.97. The molecular formula is C10H8FNO2S2. The second-order valence-corrected chi connectivity index (χ2v) is 6.05. The van der Waals surface area contributed by atoms with E-state index in [1.54, 1.807) is 5.38 Å². The van der Waals surface area contributed by atoms with Crippen LogP contribution in [-0.2, 0) is 15.6 Å². The zero-order valence-corrected chi connectivity index (χ0v) is 9.76. The van der Waals surface area contributed by atoms with Gasteiger partial charge in [0, 0.05) is 11.6 Å². The second kappa shape index (κ2) is 4.31. The van der Waals surface area contributed by atoms with E-state index in [4.69, 9.17) is 0 Å². The van der Waals surface area contributed by atoms with Crippen molar-refractivity contribution in [1.29, 1.82) is 0 Å². The number of hydrogen-bond donors (Lipinski definition) is 0. The van der Waals surface area contributed by atoms with Gasteiger partial charge in [-0.3, -0.25) is 0 Å². The normalized spacial score (nSPS) is 11.6. The molecule has 2 aromatic rings. The highest BCUT2D eigenvalue weighted by Crippen LogP contribution is 2.20. The number of thiazole rings is 1. The van der Waals surface area contributed by atoms with Crippen LogP contribution in [0.5, 0.6) is 0 Å². The third kappa shape index (κ3) is 2.28. The fraction of sp³-hybridized carbons (Fsp3) is 0.100. The first kappa shape index (κ1) is 11.2. The Balaban J connectivity index is 2.37. The van der Waals surface area contributed by atoms with Crippen LogP contribution in [0.1, 0.15) is 5.01 Å². The average molecular weight is 257 g/mol. The molecule has 6 heteroatoms. The Hall–Kier alpha value is -1.27. The monoisotopic (exact) mass is 257 g/mol.